The summed E-state index contributed by atoms with van der Waals surface area (Å²) in [5.74, 6) is -14.4. The SMILES string of the molecule is O=C(Oc1c(F)c(F)c(F)c(F)c1F)c1cc2cc(CO[P+](=O)[O-])ccc2s1.[Ag+]. The minimum atomic E-state index is -3.05. The first-order chi connectivity index (χ1) is 13.2. The molecule has 3 aromatic rings. The van der Waals surface area contributed by atoms with Crippen LogP contribution in [-0.2, 0) is 38.1 Å². The van der Waals surface area contributed by atoms with Crippen molar-refractivity contribution in [3.05, 3.63) is 63.8 Å². The van der Waals surface area contributed by atoms with Crippen LogP contribution in [-0.4, -0.2) is 5.97 Å². The van der Waals surface area contributed by atoms with Gasteiger partial charge in [0.1, 0.15) is 11.5 Å². The van der Waals surface area contributed by atoms with Crippen molar-refractivity contribution in [2.75, 3.05) is 0 Å². The summed E-state index contributed by atoms with van der Waals surface area (Å²) in [6.07, 6.45) is 0. The van der Waals surface area contributed by atoms with E-state index in [1.807, 2.05) is 0 Å². The molecule has 0 spiro atoms. The normalized spacial score (nSPS) is 11.3. The smallest absolute Gasteiger partial charge is 0.566 e. The third-order valence-corrected chi connectivity index (χ3v) is 4.92. The molecule has 1 unspecified atom stereocenters. The zero-order valence-corrected chi connectivity index (χ0v) is 16.8. The summed E-state index contributed by atoms with van der Waals surface area (Å²) < 4.78 is 86.5. The van der Waals surface area contributed by atoms with Crippen LogP contribution in [0.5, 0.6) is 5.75 Å². The molecule has 0 aliphatic heterocycles. The second-order valence-electron chi connectivity index (χ2n) is 5.27. The molecule has 1 heterocycles. The molecular weight excluding hydrogens is 538 g/mol. The summed E-state index contributed by atoms with van der Waals surface area (Å²) in [6, 6.07) is 5.82. The van der Waals surface area contributed by atoms with E-state index in [1.165, 1.54) is 24.3 Å². The molecule has 3 rings (SSSR count). The van der Waals surface area contributed by atoms with Crippen LogP contribution in [0.1, 0.15) is 15.2 Å². The predicted molar refractivity (Wildman–Crippen MR) is 85.4 cm³/mol. The zero-order chi connectivity index (χ0) is 20.6. The van der Waals surface area contributed by atoms with Gasteiger partial charge in [-0.05, 0) is 33.7 Å². The van der Waals surface area contributed by atoms with Gasteiger partial charge in [-0.25, -0.2) is 18.0 Å². The van der Waals surface area contributed by atoms with Crippen molar-refractivity contribution in [1.29, 1.82) is 0 Å². The number of rotatable bonds is 5. The topological polar surface area (TPSA) is 75.7 Å². The summed E-state index contributed by atoms with van der Waals surface area (Å²) in [5, 5.41) is 0.455. The average Bonchev–Trinajstić information content (AvgIpc) is 3.10. The van der Waals surface area contributed by atoms with Crippen molar-refractivity contribution in [3.8, 4) is 5.75 Å². The van der Waals surface area contributed by atoms with Crippen molar-refractivity contribution in [3.63, 3.8) is 0 Å². The molecule has 1 atom stereocenters. The van der Waals surface area contributed by atoms with E-state index >= 15 is 0 Å². The Morgan fingerprint density at radius 3 is 2.17 bits per heavy atom. The van der Waals surface area contributed by atoms with E-state index in [1.54, 1.807) is 0 Å². The maximum atomic E-state index is 13.6. The van der Waals surface area contributed by atoms with Gasteiger partial charge >= 0.3 is 36.6 Å². The monoisotopic (exact) mass is 543 g/mol. The Kier molecular flexibility index (Phi) is 7.63. The van der Waals surface area contributed by atoms with Crippen LogP contribution in [0.4, 0.5) is 22.0 Å². The molecule has 156 valence electrons. The Hall–Kier alpha value is -1.72. The molecule has 29 heavy (non-hydrogen) atoms. The summed E-state index contributed by atoms with van der Waals surface area (Å²) in [5.41, 5.74) is 0.462. The summed E-state index contributed by atoms with van der Waals surface area (Å²) in [7, 11) is -3.05. The summed E-state index contributed by atoms with van der Waals surface area (Å²) >= 11 is 0.840. The molecule has 13 heteroatoms. The molecule has 2 aromatic carbocycles. The van der Waals surface area contributed by atoms with Gasteiger partial charge in [0, 0.05) is 4.70 Å². The fourth-order valence-electron chi connectivity index (χ4n) is 2.23. The van der Waals surface area contributed by atoms with Gasteiger partial charge in [0.05, 0.1) is 0 Å². The Bertz CT molecular complexity index is 1090. The molecule has 1 aromatic heterocycles. The number of ether oxygens (including phenoxy) is 1. The average molecular weight is 544 g/mol. The van der Waals surface area contributed by atoms with Gasteiger partial charge in [-0.3, -0.25) is 0 Å². The number of carbonyl (C=O) groups is 1. The molecule has 0 amide bonds. The van der Waals surface area contributed by atoms with E-state index in [-0.39, 0.29) is 33.9 Å². The second kappa shape index (κ2) is 9.40. The Labute approximate surface area is 179 Å². The van der Waals surface area contributed by atoms with Crippen LogP contribution in [0.2, 0.25) is 0 Å². The summed E-state index contributed by atoms with van der Waals surface area (Å²) in [4.78, 5) is 22.4. The number of hydrogen-bond donors (Lipinski definition) is 0. The minimum absolute atomic E-state index is 0. The molecule has 0 aliphatic rings. The van der Waals surface area contributed by atoms with Gasteiger partial charge in [0.25, 0.3) is 0 Å². The molecule has 0 saturated carbocycles. The van der Waals surface area contributed by atoms with E-state index in [9.17, 15) is 36.2 Å². The number of halogens is 5. The third-order valence-electron chi connectivity index (χ3n) is 3.48. The molecule has 0 saturated heterocycles. The zero-order valence-electron chi connectivity index (χ0n) is 13.6. The van der Waals surface area contributed by atoms with E-state index in [4.69, 9.17) is 0 Å². The molecule has 0 aliphatic carbocycles. The van der Waals surface area contributed by atoms with Crippen LogP contribution >= 0.6 is 19.6 Å². The molecule has 0 bridgehead atoms. The van der Waals surface area contributed by atoms with Gasteiger partial charge in [0.2, 0.25) is 34.8 Å². The molecule has 0 fully saturated rings. The first kappa shape index (κ1) is 23.6. The first-order valence-corrected chi connectivity index (χ1v) is 9.13. The quantitative estimate of drug-likeness (QED) is 0.0909. The van der Waals surface area contributed by atoms with Crippen LogP contribution in [0, 0.1) is 29.1 Å². The maximum Gasteiger partial charge on any atom is 1.00 e. The molecule has 0 N–H and O–H groups in total. The molecular formula is C16H6AgF5O5PS+. The fourth-order valence-corrected chi connectivity index (χ4v) is 3.40. The number of esters is 1. The number of hydrogen-bond acceptors (Lipinski definition) is 6. The van der Waals surface area contributed by atoms with Gasteiger partial charge in [-0.1, -0.05) is 6.07 Å². The van der Waals surface area contributed by atoms with Crippen molar-refractivity contribution >= 4 is 35.6 Å². The number of thiophene rings is 1. The van der Waals surface area contributed by atoms with Gasteiger partial charge in [-0.15, -0.1) is 15.9 Å². The standard InChI is InChI=1S/C16H6F5O5PS.Ag/c17-10-11(18)13(20)15(14(21)12(10)19)26-16(22)9-4-7-3-6(5-25-27(23)24)1-2-8(7)28-9;/h1-4H,5H2;/q;+1. The fraction of sp³-hybridized carbons (Fsp3) is 0.0625. The Morgan fingerprint density at radius 2 is 1.59 bits per heavy atom. The Morgan fingerprint density at radius 1 is 1.00 bits per heavy atom. The maximum absolute atomic E-state index is 13.6. The predicted octanol–water partition coefficient (Wildman–Crippen LogP) is 4.35. The minimum Gasteiger partial charge on any atom is -0.566 e. The Balaban J connectivity index is 0.00000300. The largest absolute Gasteiger partial charge is 1.00 e. The number of fused-ring (bicyclic) bond motifs is 1. The van der Waals surface area contributed by atoms with Gasteiger partial charge in [0.15, 0.2) is 0 Å². The van der Waals surface area contributed by atoms with Gasteiger partial charge in [-0.2, -0.15) is 8.78 Å². The van der Waals surface area contributed by atoms with Crippen molar-refractivity contribution in [2.45, 2.75) is 6.61 Å². The second-order valence-corrected chi connectivity index (χ2v) is 7.06. The summed E-state index contributed by atoms with van der Waals surface area (Å²) in [6.45, 7) is -0.241. The van der Waals surface area contributed by atoms with Crippen LogP contribution < -0.4 is 9.63 Å². The van der Waals surface area contributed by atoms with E-state index < -0.39 is 49.1 Å². The van der Waals surface area contributed by atoms with Crippen LogP contribution in [0.25, 0.3) is 10.1 Å². The van der Waals surface area contributed by atoms with Crippen molar-refractivity contribution < 1.29 is 67.8 Å². The van der Waals surface area contributed by atoms with Crippen LogP contribution in [0.3, 0.4) is 0 Å². The van der Waals surface area contributed by atoms with Crippen molar-refractivity contribution in [2.24, 2.45) is 0 Å². The van der Waals surface area contributed by atoms with Gasteiger partial charge < -0.3 is 9.63 Å². The number of carbonyl (C=O) groups excluding carboxylic acids is 1. The van der Waals surface area contributed by atoms with E-state index in [0.717, 1.165) is 11.3 Å². The van der Waals surface area contributed by atoms with E-state index in [0.29, 0.717) is 15.6 Å². The number of benzene rings is 2. The molecule has 5 nitrogen and oxygen atoms in total. The van der Waals surface area contributed by atoms with E-state index in [2.05, 4.69) is 9.26 Å². The van der Waals surface area contributed by atoms with Crippen molar-refractivity contribution in [1.82, 2.24) is 0 Å². The third kappa shape index (κ3) is 4.89. The molecule has 0 radical (unpaired) electrons. The van der Waals surface area contributed by atoms with Crippen LogP contribution in [0.15, 0.2) is 24.3 Å². The first-order valence-electron chi connectivity index (χ1n) is 7.22.